The molecule has 0 bridgehead atoms. The second-order valence-electron chi connectivity index (χ2n) is 3.90. The monoisotopic (exact) mass is 249 g/mol. The molecule has 2 aromatic carbocycles. The fourth-order valence-electron chi connectivity index (χ4n) is 1.61. The molecule has 2 nitrogen and oxygen atoms in total. The Balaban J connectivity index is 2.00. The molecule has 0 fully saturated rings. The average Bonchev–Trinajstić information content (AvgIpc) is 2.37. The Hall–Kier alpha value is -1.94. The van der Waals surface area contributed by atoms with Crippen molar-refractivity contribution in [3.63, 3.8) is 0 Å². The minimum Gasteiger partial charge on any atom is -0.492 e. The minimum atomic E-state index is -0.588. The van der Waals surface area contributed by atoms with Crippen LogP contribution in [0.2, 0.25) is 0 Å². The van der Waals surface area contributed by atoms with Crippen LogP contribution in [0.25, 0.3) is 0 Å². The Morgan fingerprint density at radius 1 is 1.06 bits per heavy atom. The highest BCUT2D eigenvalue weighted by Gasteiger charge is 2.11. The van der Waals surface area contributed by atoms with Crippen molar-refractivity contribution in [3.05, 3.63) is 65.7 Å². The molecule has 0 aliphatic heterocycles. The molecule has 0 aliphatic rings. The van der Waals surface area contributed by atoms with Crippen LogP contribution in [0.15, 0.2) is 48.5 Å². The molecule has 4 heteroatoms. The summed E-state index contributed by atoms with van der Waals surface area (Å²) in [4.78, 5) is 0. The first-order valence-electron chi connectivity index (χ1n) is 5.55. The quantitative estimate of drug-likeness (QED) is 0.903. The van der Waals surface area contributed by atoms with Gasteiger partial charge in [-0.15, -0.1) is 0 Å². The molecular formula is C14H13F2NO. The van der Waals surface area contributed by atoms with Gasteiger partial charge >= 0.3 is 0 Å². The summed E-state index contributed by atoms with van der Waals surface area (Å²) in [5.41, 5.74) is 6.21. The lowest BCUT2D eigenvalue weighted by Crippen LogP contribution is -2.20. The number of hydrogen-bond donors (Lipinski definition) is 1. The van der Waals surface area contributed by atoms with Gasteiger partial charge in [0.25, 0.3) is 0 Å². The van der Waals surface area contributed by atoms with Crippen LogP contribution in [0.1, 0.15) is 11.6 Å². The zero-order chi connectivity index (χ0) is 13.0. The van der Waals surface area contributed by atoms with Crippen LogP contribution in [-0.2, 0) is 0 Å². The summed E-state index contributed by atoms with van der Waals surface area (Å²) in [6.45, 7) is 0.0877. The van der Waals surface area contributed by atoms with Crippen LogP contribution in [0.3, 0.4) is 0 Å². The summed E-state index contributed by atoms with van der Waals surface area (Å²) in [5.74, 6) is -0.374. The van der Waals surface area contributed by atoms with Gasteiger partial charge in [-0.3, -0.25) is 0 Å². The first kappa shape index (κ1) is 12.5. The number of ether oxygens (including phenoxy) is 1. The van der Waals surface area contributed by atoms with Crippen molar-refractivity contribution in [2.45, 2.75) is 6.04 Å². The number of hydrogen-bond acceptors (Lipinski definition) is 2. The zero-order valence-corrected chi connectivity index (χ0v) is 9.64. The van der Waals surface area contributed by atoms with Crippen molar-refractivity contribution < 1.29 is 13.5 Å². The summed E-state index contributed by atoms with van der Waals surface area (Å²) in [7, 11) is 0. The first-order chi connectivity index (χ1) is 8.66. The van der Waals surface area contributed by atoms with Crippen molar-refractivity contribution in [3.8, 4) is 5.75 Å². The van der Waals surface area contributed by atoms with Gasteiger partial charge in [-0.1, -0.05) is 24.3 Å². The Labute approximate surface area is 104 Å². The largest absolute Gasteiger partial charge is 0.492 e. The minimum absolute atomic E-state index is 0.0877. The third kappa shape index (κ3) is 3.05. The molecule has 94 valence electrons. The number of halogens is 2. The SMILES string of the molecule is NC(COc1cccc(F)c1)c1ccccc1F. The molecule has 2 aromatic rings. The molecule has 18 heavy (non-hydrogen) atoms. The molecule has 1 atom stereocenters. The van der Waals surface area contributed by atoms with Crippen LogP contribution in [0.5, 0.6) is 5.75 Å². The van der Waals surface area contributed by atoms with Gasteiger partial charge < -0.3 is 10.5 Å². The molecule has 0 aromatic heterocycles. The predicted octanol–water partition coefficient (Wildman–Crippen LogP) is 3.04. The van der Waals surface area contributed by atoms with Crippen LogP contribution < -0.4 is 10.5 Å². The van der Waals surface area contributed by atoms with Crippen molar-refractivity contribution in [1.82, 2.24) is 0 Å². The molecule has 2 rings (SSSR count). The second kappa shape index (κ2) is 5.60. The van der Waals surface area contributed by atoms with Gasteiger partial charge in [0.15, 0.2) is 0 Å². The lowest BCUT2D eigenvalue weighted by molar-refractivity contribution is 0.286. The van der Waals surface area contributed by atoms with Gasteiger partial charge in [0, 0.05) is 11.6 Å². The van der Waals surface area contributed by atoms with Gasteiger partial charge in [-0.05, 0) is 18.2 Å². The van der Waals surface area contributed by atoms with Gasteiger partial charge in [-0.25, -0.2) is 8.78 Å². The predicted molar refractivity (Wildman–Crippen MR) is 65.2 cm³/mol. The first-order valence-corrected chi connectivity index (χ1v) is 5.55. The van der Waals surface area contributed by atoms with Crippen LogP contribution >= 0.6 is 0 Å². The fourth-order valence-corrected chi connectivity index (χ4v) is 1.61. The number of rotatable bonds is 4. The summed E-state index contributed by atoms with van der Waals surface area (Å²) in [6.07, 6.45) is 0. The summed E-state index contributed by atoms with van der Waals surface area (Å²) in [6, 6.07) is 11.4. The van der Waals surface area contributed by atoms with Gasteiger partial charge in [0.05, 0.1) is 6.04 Å². The van der Waals surface area contributed by atoms with Crippen LogP contribution in [-0.4, -0.2) is 6.61 Å². The second-order valence-corrected chi connectivity index (χ2v) is 3.90. The van der Waals surface area contributed by atoms with E-state index < -0.39 is 6.04 Å². The number of nitrogens with two attached hydrogens (primary N) is 1. The highest BCUT2D eigenvalue weighted by molar-refractivity contribution is 5.24. The van der Waals surface area contributed by atoms with E-state index in [9.17, 15) is 8.78 Å². The molecular weight excluding hydrogens is 236 g/mol. The average molecular weight is 249 g/mol. The summed E-state index contributed by atoms with van der Waals surface area (Å²) >= 11 is 0. The third-order valence-corrected chi connectivity index (χ3v) is 2.53. The Bertz CT molecular complexity index is 531. The van der Waals surface area contributed by atoms with E-state index >= 15 is 0 Å². The van der Waals surface area contributed by atoms with E-state index in [2.05, 4.69) is 0 Å². The highest BCUT2D eigenvalue weighted by atomic mass is 19.1. The molecule has 0 saturated heterocycles. The maximum absolute atomic E-state index is 13.4. The Morgan fingerprint density at radius 2 is 1.83 bits per heavy atom. The molecule has 0 heterocycles. The molecule has 0 radical (unpaired) electrons. The molecule has 0 aliphatic carbocycles. The maximum Gasteiger partial charge on any atom is 0.128 e. The summed E-state index contributed by atoms with van der Waals surface area (Å²) < 4.78 is 31.7. The Kier molecular flexibility index (Phi) is 3.89. The van der Waals surface area contributed by atoms with Gasteiger partial charge in [-0.2, -0.15) is 0 Å². The van der Waals surface area contributed by atoms with E-state index in [0.29, 0.717) is 11.3 Å². The van der Waals surface area contributed by atoms with Crippen LogP contribution in [0, 0.1) is 11.6 Å². The zero-order valence-electron chi connectivity index (χ0n) is 9.64. The van der Waals surface area contributed by atoms with E-state index in [1.807, 2.05) is 0 Å². The Morgan fingerprint density at radius 3 is 2.56 bits per heavy atom. The normalized spacial score (nSPS) is 12.2. The van der Waals surface area contributed by atoms with Crippen molar-refractivity contribution in [1.29, 1.82) is 0 Å². The van der Waals surface area contributed by atoms with Gasteiger partial charge in [0.2, 0.25) is 0 Å². The fraction of sp³-hybridized carbons (Fsp3) is 0.143. The summed E-state index contributed by atoms with van der Waals surface area (Å²) in [5, 5.41) is 0. The molecule has 1 unspecified atom stereocenters. The van der Waals surface area contributed by atoms with Crippen molar-refractivity contribution in [2.24, 2.45) is 5.73 Å². The van der Waals surface area contributed by atoms with Gasteiger partial charge in [0.1, 0.15) is 24.0 Å². The molecule has 0 saturated carbocycles. The van der Waals surface area contributed by atoms with E-state index in [0.717, 1.165) is 0 Å². The van der Waals surface area contributed by atoms with E-state index in [-0.39, 0.29) is 18.2 Å². The van der Waals surface area contributed by atoms with E-state index in [4.69, 9.17) is 10.5 Å². The highest BCUT2D eigenvalue weighted by Crippen LogP contribution is 2.17. The topological polar surface area (TPSA) is 35.2 Å². The maximum atomic E-state index is 13.4. The molecule has 0 amide bonds. The molecule has 0 spiro atoms. The van der Waals surface area contributed by atoms with Crippen molar-refractivity contribution in [2.75, 3.05) is 6.61 Å². The molecule has 2 N–H and O–H groups in total. The van der Waals surface area contributed by atoms with E-state index in [1.54, 1.807) is 30.3 Å². The lowest BCUT2D eigenvalue weighted by Gasteiger charge is -2.14. The third-order valence-electron chi connectivity index (χ3n) is 2.53. The van der Waals surface area contributed by atoms with Crippen LogP contribution in [0.4, 0.5) is 8.78 Å². The lowest BCUT2D eigenvalue weighted by atomic mass is 10.1. The smallest absolute Gasteiger partial charge is 0.128 e. The number of benzene rings is 2. The van der Waals surface area contributed by atoms with E-state index in [1.165, 1.54) is 18.2 Å². The standard InChI is InChI=1S/C14H13F2NO/c15-10-4-3-5-11(8-10)18-9-14(17)12-6-1-2-7-13(12)16/h1-8,14H,9,17H2. The van der Waals surface area contributed by atoms with Crippen molar-refractivity contribution >= 4 is 0 Å².